The molecule has 2 atom stereocenters. The number of para-hydroxylation sites is 2. The van der Waals surface area contributed by atoms with Crippen LogP contribution in [0.5, 0.6) is 0 Å². The van der Waals surface area contributed by atoms with Crippen molar-refractivity contribution in [1.82, 2.24) is 19.8 Å². The summed E-state index contributed by atoms with van der Waals surface area (Å²) in [4.78, 5) is 31.1. The van der Waals surface area contributed by atoms with Crippen LogP contribution in [-0.2, 0) is 9.53 Å². The Balaban J connectivity index is 1.62. The highest BCUT2D eigenvalue weighted by Crippen LogP contribution is 2.28. The number of piperidine rings is 1. The van der Waals surface area contributed by atoms with Gasteiger partial charge in [-0.25, -0.2) is 4.98 Å². The molecule has 0 bridgehead atoms. The zero-order valence-corrected chi connectivity index (χ0v) is 14.6. The maximum atomic E-state index is 12.9. The molecule has 3 heterocycles. The monoisotopic (exact) mass is 357 g/mol. The van der Waals surface area contributed by atoms with E-state index in [0.717, 1.165) is 11.0 Å². The smallest absolute Gasteiger partial charge is 0.284 e. The van der Waals surface area contributed by atoms with Crippen LogP contribution in [0.15, 0.2) is 24.3 Å². The van der Waals surface area contributed by atoms with Gasteiger partial charge in [-0.1, -0.05) is 12.1 Å². The summed E-state index contributed by atoms with van der Waals surface area (Å²) in [7, 11) is 0. The van der Waals surface area contributed by atoms with Crippen molar-refractivity contribution >= 4 is 22.8 Å². The summed E-state index contributed by atoms with van der Waals surface area (Å²) >= 11 is 0. The number of hydrogen-bond acceptors (Lipinski definition) is 5. The van der Waals surface area contributed by atoms with Crippen LogP contribution in [0.2, 0.25) is 0 Å². The number of benzene rings is 1. The minimum Gasteiger partial charge on any atom is -0.378 e. The van der Waals surface area contributed by atoms with Gasteiger partial charge in [-0.15, -0.1) is 0 Å². The van der Waals surface area contributed by atoms with Gasteiger partial charge in [0.1, 0.15) is 0 Å². The minimum atomic E-state index is -0.553. The van der Waals surface area contributed by atoms with Crippen LogP contribution >= 0.6 is 0 Å². The lowest BCUT2D eigenvalue weighted by molar-refractivity contribution is -0.140. The van der Waals surface area contributed by atoms with Crippen molar-refractivity contribution in [2.24, 2.45) is 11.7 Å². The van der Waals surface area contributed by atoms with E-state index >= 15 is 0 Å². The highest BCUT2D eigenvalue weighted by atomic mass is 16.5. The second kappa shape index (κ2) is 7.05. The molecule has 2 aliphatic rings. The molecule has 0 saturated carbocycles. The van der Waals surface area contributed by atoms with Gasteiger partial charge in [0.15, 0.2) is 5.82 Å². The van der Waals surface area contributed by atoms with E-state index in [-0.39, 0.29) is 23.7 Å². The summed E-state index contributed by atoms with van der Waals surface area (Å²) in [5.41, 5.74) is 7.17. The van der Waals surface area contributed by atoms with E-state index < -0.39 is 5.91 Å². The first kappa shape index (κ1) is 17.0. The van der Waals surface area contributed by atoms with Gasteiger partial charge < -0.3 is 25.3 Å². The molecule has 2 saturated heterocycles. The largest absolute Gasteiger partial charge is 0.378 e. The Labute approximate surface area is 151 Å². The SMILES string of the molecule is NC(=O)c1nc2ccccc2n1[C@@H]1CNC[C@H](C(=O)N2CCOCC2)C1. The number of hydrogen-bond donors (Lipinski definition) is 2. The molecule has 1 aromatic carbocycles. The summed E-state index contributed by atoms with van der Waals surface area (Å²) in [5, 5.41) is 3.34. The number of imidazole rings is 1. The number of nitrogens with two attached hydrogens (primary N) is 1. The highest BCUT2D eigenvalue weighted by molar-refractivity contribution is 5.93. The van der Waals surface area contributed by atoms with Crippen molar-refractivity contribution in [3.8, 4) is 0 Å². The van der Waals surface area contributed by atoms with E-state index in [1.165, 1.54) is 0 Å². The van der Waals surface area contributed by atoms with Crippen molar-refractivity contribution in [2.75, 3.05) is 39.4 Å². The lowest BCUT2D eigenvalue weighted by Gasteiger charge is -2.35. The van der Waals surface area contributed by atoms with Gasteiger partial charge in [0.05, 0.1) is 30.2 Å². The zero-order valence-electron chi connectivity index (χ0n) is 14.6. The number of ether oxygens (including phenoxy) is 1. The van der Waals surface area contributed by atoms with Crippen molar-refractivity contribution in [1.29, 1.82) is 0 Å². The summed E-state index contributed by atoms with van der Waals surface area (Å²) in [6.07, 6.45) is 0.657. The fraction of sp³-hybridized carbons (Fsp3) is 0.500. The van der Waals surface area contributed by atoms with E-state index in [4.69, 9.17) is 10.5 Å². The van der Waals surface area contributed by atoms with Crippen molar-refractivity contribution in [3.05, 3.63) is 30.1 Å². The van der Waals surface area contributed by atoms with Gasteiger partial charge in [0.25, 0.3) is 5.91 Å². The first-order valence-corrected chi connectivity index (χ1v) is 8.99. The molecule has 8 nitrogen and oxygen atoms in total. The predicted octanol–water partition coefficient (Wildman–Crippen LogP) is 0.145. The third-order valence-electron chi connectivity index (χ3n) is 5.18. The lowest BCUT2D eigenvalue weighted by atomic mass is 9.93. The molecule has 0 spiro atoms. The molecular weight excluding hydrogens is 334 g/mol. The number of carbonyl (C=O) groups excluding carboxylic acids is 2. The van der Waals surface area contributed by atoms with Crippen LogP contribution in [0.1, 0.15) is 23.1 Å². The van der Waals surface area contributed by atoms with E-state index in [1.54, 1.807) is 0 Å². The number of aromatic nitrogens is 2. The van der Waals surface area contributed by atoms with Crippen molar-refractivity contribution in [2.45, 2.75) is 12.5 Å². The molecule has 8 heteroatoms. The molecule has 0 unspecified atom stereocenters. The number of amides is 2. The molecule has 4 rings (SSSR count). The average Bonchev–Trinajstić information content (AvgIpc) is 3.08. The molecule has 2 fully saturated rings. The molecule has 0 radical (unpaired) electrons. The number of morpholine rings is 1. The number of fused-ring (bicyclic) bond motifs is 1. The van der Waals surface area contributed by atoms with Gasteiger partial charge in [0, 0.05) is 32.2 Å². The molecule has 138 valence electrons. The second-order valence-corrected chi connectivity index (χ2v) is 6.84. The van der Waals surface area contributed by atoms with Crippen LogP contribution in [0.4, 0.5) is 0 Å². The van der Waals surface area contributed by atoms with Gasteiger partial charge in [-0.2, -0.15) is 0 Å². The Morgan fingerprint density at radius 1 is 1.19 bits per heavy atom. The Morgan fingerprint density at radius 3 is 2.73 bits per heavy atom. The Hall–Kier alpha value is -2.45. The van der Waals surface area contributed by atoms with Crippen molar-refractivity contribution < 1.29 is 14.3 Å². The predicted molar refractivity (Wildman–Crippen MR) is 95.7 cm³/mol. The topological polar surface area (TPSA) is 102 Å². The van der Waals surface area contributed by atoms with Crippen LogP contribution < -0.4 is 11.1 Å². The van der Waals surface area contributed by atoms with E-state index in [9.17, 15) is 9.59 Å². The Kier molecular flexibility index (Phi) is 4.60. The number of primary amides is 1. The number of nitrogens with one attached hydrogen (secondary N) is 1. The summed E-state index contributed by atoms with van der Waals surface area (Å²) < 4.78 is 7.23. The number of nitrogens with zero attached hydrogens (tertiary/aromatic N) is 3. The first-order chi connectivity index (χ1) is 12.6. The average molecular weight is 357 g/mol. The molecule has 2 aliphatic heterocycles. The van der Waals surface area contributed by atoms with Gasteiger partial charge in [0.2, 0.25) is 5.91 Å². The standard InChI is InChI=1S/C18H23N5O3/c19-16(24)17-21-14-3-1-2-4-15(14)23(17)13-9-12(10-20-11-13)18(25)22-5-7-26-8-6-22/h1-4,12-13,20H,5-11H2,(H2,19,24)/t12-,13+/m1/s1. The maximum Gasteiger partial charge on any atom is 0.284 e. The fourth-order valence-corrected chi connectivity index (χ4v) is 3.93. The lowest BCUT2D eigenvalue weighted by Crippen LogP contribution is -2.49. The Morgan fingerprint density at radius 2 is 1.96 bits per heavy atom. The summed E-state index contributed by atoms with van der Waals surface area (Å²) in [6, 6.07) is 7.55. The molecule has 3 N–H and O–H groups in total. The quantitative estimate of drug-likeness (QED) is 0.814. The van der Waals surface area contributed by atoms with E-state index in [0.29, 0.717) is 45.8 Å². The molecule has 0 aliphatic carbocycles. The normalized spacial score (nSPS) is 23.9. The van der Waals surface area contributed by atoms with Crippen molar-refractivity contribution in [3.63, 3.8) is 0 Å². The number of rotatable bonds is 3. The van der Waals surface area contributed by atoms with Gasteiger partial charge in [-0.05, 0) is 18.6 Å². The molecule has 26 heavy (non-hydrogen) atoms. The first-order valence-electron chi connectivity index (χ1n) is 8.99. The van der Waals surface area contributed by atoms with E-state index in [2.05, 4.69) is 10.3 Å². The van der Waals surface area contributed by atoms with Gasteiger partial charge in [-0.3, -0.25) is 9.59 Å². The molecular formula is C18H23N5O3. The van der Waals surface area contributed by atoms with E-state index in [1.807, 2.05) is 33.7 Å². The number of carbonyl (C=O) groups is 2. The van der Waals surface area contributed by atoms with Crippen LogP contribution in [0.25, 0.3) is 11.0 Å². The third kappa shape index (κ3) is 3.06. The second-order valence-electron chi connectivity index (χ2n) is 6.84. The Bertz CT molecular complexity index is 827. The fourth-order valence-electron chi connectivity index (χ4n) is 3.93. The molecule has 2 aromatic rings. The van der Waals surface area contributed by atoms with Crippen LogP contribution in [0.3, 0.4) is 0 Å². The van der Waals surface area contributed by atoms with Crippen LogP contribution in [0, 0.1) is 5.92 Å². The summed E-state index contributed by atoms with van der Waals surface area (Å²) in [6.45, 7) is 3.78. The maximum absolute atomic E-state index is 12.9. The molecule has 2 amide bonds. The third-order valence-corrected chi connectivity index (χ3v) is 5.18. The summed E-state index contributed by atoms with van der Waals surface area (Å²) in [5.74, 6) is -0.287. The highest BCUT2D eigenvalue weighted by Gasteiger charge is 2.33. The van der Waals surface area contributed by atoms with Crippen LogP contribution in [-0.4, -0.2) is 65.7 Å². The van der Waals surface area contributed by atoms with Gasteiger partial charge >= 0.3 is 0 Å². The molecule has 1 aromatic heterocycles. The zero-order chi connectivity index (χ0) is 18.1. The minimum absolute atomic E-state index is 0.0476.